The SMILES string of the molecule is CNc1ccc(C(=O)N[C@@H](CCC(=O)O)C(=O)OC(C)(C)C)cc1. The zero-order valence-corrected chi connectivity index (χ0v) is 14.4. The molecule has 0 aliphatic rings. The summed E-state index contributed by atoms with van der Waals surface area (Å²) >= 11 is 0. The molecule has 0 bridgehead atoms. The Labute approximate surface area is 141 Å². The molecule has 0 radical (unpaired) electrons. The molecule has 1 atom stereocenters. The van der Waals surface area contributed by atoms with Crippen LogP contribution in [0.3, 0.4) is 0 Å². The van der Waals surface area contributed by atoms with Gasteiger partial charge in [0.1, 0.15) is 11.6 Å². The van der Waals surface area contributed by atoms with Crippen molar-refractivity contribution in [2.45, 2.75) is 45.3 Å². The molecule has 7 heteroatoms. The normalized spacial score (nSPS) is 12.2. The van der Waals surface area contributed by atoms with E-state index in [0.29, 0.717) is 5.56 Å². The molecule has 0 aliphatic carbocycles. The maximum Gasteiger partial charge on any atom is 0.329 e. The molecule has 0 heterocycles. The molecule has 0 aromatic heterocycles. The number of hydrogen-bond acceptors (Lipinski definition) is 5. The molecule has 1 rings (SSSR count). The van der Waals surface area contributed by atoms with E-state index in [1.807, 2.05) is 0 Å². The third kappa shape index (κ3) is 6.68. The first-order valence-corrected chi connectivity index (χ1v) is 7.65. The zero-order chi connectivity index (χ0) is 18.3. The predicted molar refractivity (Wildman–Crippen MR) is 90.0 cm³/mol. The summed E-state index contributed by atoms with van der Waals surface area (Å²) in [4.78, 5) is 35.2. The van der Waals surface area contributed by atoms with Gasteiger partial charge in [-0.3, -0.25) is 9.59 Å². The van der Waals surface area contributed by atoms with Gasteiger partial charge in [-0.25, -0.2) is 4.79 Å². The molecule has 24 heavy (non-hydrogen) atoms. The second kappa shape index (κ2) is 8.33. The second-order valence-electron chi connectivity index (χ2n) is 6.32. The number of hydrogen-bond donors (Lipinski definition) is 3. The molecule has 0 fully saturated rings. The first kappa shape index (κ1) is 19.5. The van der Waals surface area contributed by atoms with Crippen molar-refractivity contribution in [3.63, 3.8) is 0 Å². The third-order valence-corrected chi connectivity index (χ3v) is 3.08. The number of ether oxygens (including phenoxy) is 1. The predicted octanol–water partition coefficient (Wildman–Crippen LogP) is 2.03. The standard InChI is InChI=1S/C17H24N2O5/c1-17(2,3)24-16(23)13(9-10-14(20)21)19-15(22)11-5-7-12(18-4)8-6-11/h5-8,13,18H,9-10H2,1-4H3,(H,19,22)(H,20,21)/t13-/m0/s1. The molecule has 0 saturated carbocycles. The van der Waals surface area contributed by atoms with Crippen molar-refractivity contribution in [2.24, 2.45) is 0 Å². The molecule has 1 aromatic carbocycles. The highest BCUT2D eigenvalue weighted by atomic mass is 16.6. The van der Waals surface area contributed by atoms with Crippen LogP contribution >= 0.6 is 0 Å². The topological polar surface area (TPSA) is 105 Å². The van der Waals surface area contributed by atoms with Crippen LogP contribution in [0.4, 0.5) is 5.69 Å². The Balaban J connectivity index is 2.83. The zero-order valence-electron chi connectivity index (χ0n) is 14.4. The minimum atomic E-state index is -1.05. The monoisotopic (exact) mass is 336 g/mol. The highest BCUT2D eigenvalue weighted by Crippen LogP contribution is 2.13. The average Bonchev–Trinajstić information content (AvgIpc) is 2.49. The number of carboxylic acids is 1. The van der Waals surface area contributed by atoms with Crippen molar-refractivity contribution >= 4 is 23.5 Å². The van der Waals surface area contributed by atoms with Gasteiger partial charge in [0.15, 0.2) is 0 Å². The van der Waals surface area contributed by atoms with Gasteiger partial charge < -0.3 is 20.5 Å². The number of anilines is 1. The van der Waals surface area contributed by atoms with E-state index in [0.717, 1.165) is 5.69 Å². The second-order valence-corrected chi connectivity index (χ2v) is 6.32. The fraction of sp³-hybridized carbons (Fsp3) is 0.471. The molecule has 0 unspecified atom stereocenters. The summed E-state index contributed by atoms with van der Waals surface area (Å²) in [6.07, 6.45) is -0.284. The van der Waals surface area contributed by atoms with Gasteiger partial charge in [-0.1, -0.05) is 0 Å². The summed E-state index contributed by atoms with van der Waals surface area (Å²) in [5.41, 5.74) is 0.497. The summed E-state index contributed by atoms with van der Waals surface area (Å²) in [7, 11) is 1.76. The first-order valence-electron chi connectivity index (χ1n) is 7.65. The van der Waals surface area contributed by atoms with Gasteiger partial charge in [-0.2, -0.15) is 0 Å². The number of aliphatic carboxylic acids is 1. The van der Waals surface area contributed by atoms with Crippen LogP contribution in [0.25, 0.3) is 0 Å². The largest absolute Gasteiger partial charge is 0.481 e. The highest BCUT2D eigenvalue weighted by molar-refractivity contribution is 5.97. The van der Waals surface area contributed by atoms with Crippen LogP contribution in [-0.2, 0) is 14.3 Å². The molecular weight excluding hydrogens is 312 g/mol. The van der Waals surface area contributed by atoms with E-state index in [2.05, 4.69) is 10.6 Å². The van der Waals surface area contributed by atoms with Gasteiger partial charge >= 0.3 is 11.9 Å². The number of carbonyl (C=O) groups is 3. The van der Waals surface area contributed by atoms with E-state index < -0.39 is 29.5 Å². The molecule has 0 spiro atoms. The summed E-state index contributed by atoms with van der Waals surface area (Å²) in [5, 5.41) is 14.3. The van der Waals surface area contributed by atoms with Crippen LogP contribution in [0.2, 0.25) is 0 Å². The first-order chi connectivity index (χ1) is 11.1. The Bertz CT molecular complexity index is 590. The smallest absolute Gasteiger partial charge is 0.329 e. The lowest BCUT2D eigenvalue weighted by atomic mass is 10.1. The van der Waals surface area contributed by atoms with Crippen molar-refractivity contribution in [3.05, 3.63) is 29.8 Å². The highest BCUT2D eigenvalue weighted by Gasteiger charge is 2.27. The van der Waals surface area contributed by atoms with E-state index in [-0.39, 0.29) is 12.8 Å². The van der Waals surface area contributed by atoms with Crippen molar-refractivity contribution in [1.82, 2.24) is 5.32 Å². The minimum absolute atomic E-state index is 0.0371. The van der Waals surface area contributed by atoms with E-state index >= 15 is 0 Å². The van der Waals surface area contributed by atoms with Gasteiger partial charge in [0.2, 0.25) is 0 Å². The minimum Gasteiger partial charge on any atom is -0.481 e. The van der Waals surface area contributed by atoms with Crippen molar-refractivity contribution in [3.8, 4) is 0 Å². The number of amides is 1. The Hall–Kier alpha value is -2.57. The fourth-order valence-corrected chi connectivity index (χ4v) is 1.92. The molecule has 132 valence electrons. The maximum atomic E-state index is 12.3. The number of carbonyl (C=O) groups excluding carboxylic acids is 2. The summed E-state index contributed by atoms with van der Waals surface area (Å²) in [5.74, 6) is -2.15. The van der Waals surface area contributed by atoms with Crippen LogP contribution < -0.4 is 10.6 Å². The van der Waals surface area contributed by atoms with E-state index in [4.69, 9.17) is 9.84 Å². The number of benzene rings is 1. The number of nitrogens with one attached hydrogen (secondary N) is 2. The third-order valence-electron chi connectivity index (χ3n) is 3.08. The van der Waals surface area contributed by atoms with E-state index in [9.17, 15) is 14.4 Å². The maximum absolute atomic E-state index is 12.3. The Kier molecular flexibility index (Phi) is 6.76. The van der Waals surface area contributed by atoms with Crippen molar-refractivity contribution < 1.29 is 24.2 Å². The molecule has 0 saturated heterocycles. The Morgan fingerprint density at radius 1 is 1.17 bits per heavy atom. The molecule has 1 amide bonds. The van der Waals surface area contributed by atoms with Crippen molar-refractivity contribution in [1.29, 1.82) is 0 Å². The van der Waals surface area contributed by atoms with Gasteiger partial charge in [-0.05, 0) is 51.5 Å². The molecule has 0 aliphatic heterocycles. The number of esters is 1. The van der Waals surface area contributed by atoms with Crippen LogP contribution in [0.1, 0.15) is 44.0 Å². The average molecular weight is 336 g/mol. The summed E-state index contributed by atoms with van der Waals surface area (Å²) < 4.78 is 5.25. The van der Waals surface area contributed by atoms with Crippen LogP contribution in [0.5, 0.6) is 0 Å². The van der Waals surface area contributed by atoms with Gasteiger partial charge in [-0.15, -0.1) is 0 Å². The lowest BCUT2D eigenvalue weighted by Crippen LogP contribution is -2.44. The molecule has 7 nitrogen and oxygen atoms in total. The molecule has 1 aromatic rings. The Morgan fingerprint density at radius 3 is 2.21 bits per heavy atom. The van der Waals surface area contributed by atoms with Crippen molar-refractivity contribution in [2.75, 3.05) is 12.4 Å². The van der Waals surface area contributed by atoms with Crippen LogP contribution in [-0.4, -0.2) is 41.6 Å². The van der Waals surface area contributed by atoms with Crippen LogP contribution in [0, 0.1) is 0 Å². The van der Waals surface area contributed by atoms with Gasteiger partial charge in [0.25, 0.3) is 5.91 Å². The van der Waals surface area contributed by atoms with Crippen LogP contribution in [0.15, 0.2) is 24.3 Å². The van der Waals surface area contributed by atoms with Gasteiger partial charge in [0, 0.05) is 24.7 Å². The lowest BCUT2D eigenvalue weighted by Gasteiger charge is -2.24. The molecule has 3 N–H and O–H groups in total. The quantitative estimate of drug-likeness (QED) is 0.658. The Morgan fingerprint density at radius 2 is 1.75 bits per heavy atom. The fourth-order valence-electron chi connectivity index (χ4n) is 1.92. The number of rotatable bonds is 7. The summed E-state index contributed by atoms with van der Waals surface area (Å²) in [6, 6.07) is 5.68. The number of carboxylic acid groups (broad SMARTS) is 1. The van der Waals surface area contributed by atoms with E-state index in [1.54, 1.807) is 52.1 Å². The summed E-state index contributed by atoms with van der Waals surface area (Å²) in [6.45, 7) is 5.12. The molecular formula is C17H24N2O5. The lowest BCUT2D eigenvalue weighted by molar-refractivity contribution is -0.157. The van der Waals surface area contributed by atoms with Gasteiger partial charge in [0.05, 0.1) is 0 Å². The van der Waals surface area contributed by atoms with E-state index in [1.165, 1.54) is 0 Å².